The number of rotatable bonds is 2. The number of hydrogen-bond acceptors (Lipinski definition) is 3. The van der Waals surface area contributed by atoms with E-state index >= 15 is 0 Å². The SMILES string of the molecule is COC1=CC(C(=O)N2CCOCC2)=C(F)CC=C1C. The predicted molar refractivity (Wildman–Crippen MR) is 69.0 cm³/mol. The Morgan fingerprint density at radius 1 is 1.42 bits per heavy atom. The lowest BCUT2D eigenvalue weighted by Gasteiger charge is -2.27. The van der Waals surface area contributed by atoms with Crippen LogP contribution in [0.3, 0.4) is 0 Å². The minimum absolute atomic E-state index is 0.0897. The molecule has 0 unspecified atom stereocenters. The summed E-state index contributed by atoms with van der Waals surface area (Å²) < 4.78 is 24.4. The van der Waals surface area contributed by atoms with E-state index in [4.69, 9.17) is 9.47 Å². The van der Waals surface area contributed by atoms with Crippen LogP contribution >= 0.6 is 0 Å². The molecule has 1 fully saturated rings. The van der Waals surface area contributed by atoms with Gasteiger partial charge in [-0.05, 0) is 18.6 Å². The van der Waals surface area contributed by atoms with E-state index in [1.165, 1.54) is 13.2 Å². The summed E-state index contributed by atoms with van der Waals surface area (Å²) >= 11 is 0. The zero-order valence-corrected chi connectivity index (χ0v) is 11.2. The van der Waals surface area contributed by atoms with Crippen LogP contribution in [0.2, 0.25) is 0 Å². The largest absolute Gasteiger partial charge is 0.496 e. The minimum atomic E-state index is -0.414. The maximum Gasteiger partial charge on any atom is 0.256 e. The highest BCUT2D eigenvalue weighted by Crippen LogP contribution is 2.25. The Hall–Kier alpha value is -1.62. The Morgan fingerprint density at radius 3 is 2.74 bits per heavy atom. The van der Waals surface area contributed by atoms with Crippen LogP contribution in [0.4, 0.5) is 4.39 Å². The van der Waals surface area contributed by atoms with Gasteiger partial charge < -0.3 is 14.4 Å². The van der Waals surface area contributed by atoms with Gasteiger partial charge in [0, 0.05) is 19.5 Å². The molecule has 0 radical (unpaired) electrons. The van der Waals surface area contributed by atoms with Gasteiger partial charge in [0.15, 0.2) is 0 Å². The molecular weight excluding hydrogens is 249 g/mol. The molecular formula is C14H18FNO3. The number of allylic oxidation sites excluding steroid dienone is 3. The van der Waals surface area contributed by atoms with Gasteiger partial charge in [-0.3, -0.25) is 4.79 Å². The first kappa shape index (κ1) is 13.8. The molecule has 1 heterocycles. The molecule has 104 valence electrons. The summed E-state index contributed by atoms with van der Waals surface area (Å²) in [5.41, 5.74) is 0.925. The highest BCUT2D eigenvalue weighted by molar-refractivity contribution is 5.97. The maximum atomic E-state index is 14.1. The van der Waals surface area contributed by atoms with E-state index in [9.17, 15) is 9.18 Å². The average Bonchev–Trinajstić information content (AvgIpc) is 2.59. The summed E-state index contributed by atoms with van der Waals surface area (Å²) in [5, 5.41) is 0. The van der Waals surface area contributed by atoms with E-state index in [2.05, 4.69) is 0 Å². The normalized spacial score (nSPS) is 20.7. The maximum absolute atomic E-state index is 14.1. The summed E-state index contributed by atoms with van der Waals surface area (Å²) in [6.45, 7) is 3.83. The van der Waals surface area contributed by atoms with E-state index in [-0.39, 0.29) is 17.9 Å². The number of ether oxygens (including phenoxy) is 2. The van der Waals surface area contributed by atoms with E-state index < -0.39 is 5.83 Å². The van der Waals surface area contributed by atoms with Crippen molar-refractivity contribution in [3.05, 3.63) is 34.9 Å². The number of halogens is 1. The molecule has 0 N–H and O–H groups in total. The molecule has 0 saturated carbocycles. The second-order valence-electron chi connectivity index (χ2n) is 4.53. The van der Waals surface area contributed by atoms with Gasteiger partial charge in [0.1, 0.15) is 11.6 Å². The first-order valence-corrected chi connectivity index (χ1v) is 6.32. The van der Waals surface area contributed by atoms with E-state index in [1.807, 2.05) is 6.92 Å². The lowest BCUT2D eigenvalue weighted by atomic mass is 10.1. The Bertz CT molecular complexity index is 459. The van der Waals surface area contributed by atoms with Crippen molar-refractivity contribution in [1.82, 2.24) is 4.90 Å². The number of morpholine rings is 1. The molecule has 5 heteroatoms. The number of carbonyl (C=O) groups is 1. The minimum Gasteiger partial charge on any atom is -0.496 e. The molecule has 4 nitrogen and oxygen atoms in total. The van der Waals surface area contributed by atoms with E-state index in [0.717, 1.165) is 5.57 Å². The van der Waals surface area contributed by atoms with Crippen LogP contribution in [-0.4, -0.2) is 44.2 Å². The molecule has 1 aliphatic heterocycles. The van der Waals surface area contributed by atoms with Crippen molar-refractivity contribution >= 4 is 5.91 Å². The van der Waals surface area contributed by atoms with Crippen LogP contribution in [0.15, 0.2) is 34.9 Å². The number of hydrogen-bond donors (Lipinski definition) is 0. The van der Waals surface area contributed by atoms with Gasteiger partial charge in [0.25, 0.3) is 5.91 Å². The van der Waals surface area contributed by atoms with Crippen molar-refractivity contribution in [2.24, 2.45) is 0 Å². The van der Waals surface area contributed by atoms with Crippen LogP contribution in [-0.2, 0) is 14.3 Å². The third-order valence-electron chi connectivity index (χ3n) is 3.29. The number of amides is 1. The van der Waals surface area contributed by atoms with Crippen LogP contribution in [0.5, 0.6) is 0 Å². The van der Waals surface area contributed by atoms with Crippen molar-refractivity contribution in [3.8, 4) is 0 Å². The predicted octanol–water partition coefficient (Wildman–Crippen LogP) is 1.95. The molecule has 19 heavy (non-hydrogen) atoms. The number of methoxy groups -OCH3 is 1. The summed E-state index contributed by atoms with van der Waals surface area (Å²) in [6, 6.07) is 0. The van der Waals surface area contributed by atoms with Crippen LogP contribution in [0, 0.1) is 0 Å². The summed E-state index contributed by atoms with van der Waals surface area (Å²) in [4.78, 5) is 13.9. The lowest BCUT2D eigenvalue weighted by molar-refractivity contribution is -0.130. The van der Waals surface area contributed by atoms with Crippen LogP contribution in [0.1, 0.15) is 13.3 Å². The number of carbonyl (C=O) groups excluding carboxylic acids is 1. The van der Waals surface area contributed by atoms with Crippen LogP contribution in [0.25, 0.3) is 0 Å². The molecule has 0 aromatic carbocycles. The first-order chi connectivity index (χ1) is 9.13. The Morgan fingerprint density at radius 2 is 2.11 bits per heavy atom. The van der Waals surface area contributed by atoms with Gasteiger partial charge in [-0.25, -0.2) is 4.39 Å². The molecule has 0 aromatic rings. The van der Waals surface area contributed by atoms with Gasteiger partial charge in [0.05, 0.1) is 25.9 Å². The van der Waals surface area contributed by atoms with Crippen molar-refractivity contribution < 1.29 is 18.7 Å². The van der Waals surface area contributed by atoms with E-state index in [0.29, 0.717) is 32.1 Å². The fourth-order valence-electron chi connectivity index (χ4n) is 2.11. The first-order valence-electron chi connectivity index (χ1n) is 6.32. The van der Waals surface area contributed by atoms with Crippen molar-refractivity contribution in [2.45, 2.75) is 13.3 Å². The molecule has 0 bridgehead atoms. The number of nitrogens with zero attached hydrogens (tertiary/aromatic N) is 1. The highest BCUT2D eigenvalue weighted by Gasteiger charge is 2.24. The van der Waals surface area contributed by atoms with Gasteiger partial charge in [0.2, 0.25) is 0 Å². The van der Waals surface area contributed by atoms with Gasteiger partial charge >= 0.3 is 0 Å². The van der Waals surface area contributed by atoms with Gasteiger partial charge in [-0.1, -0.05) is 6.08 Å². The van der Waals surface area contributed by atoms with Crippen molar-refractivity contribution in [1.29, 1.82) is 0 Å². The average molecular weight is 267 g/mol. The zero-order valence-electron chi connectivity index (χ0n) is 11.2. The zero-order chi connectivity index (χ0) is 13.8. The smallest absolute Gasteiger partial charge is 0.256 e. The highest BCUT2D eigenvalue weighted by atomic mass is 19.1. The fourth-order valence-corrected chi connectivity index (χ4v) is 2.11. The Kier molecular flexibility index (Phi) is 4.37. The molecule has 1 amide bonds. The topological polar surface area (TPSA) is 38.8 Å². The quantitative estimate of drug-likeness (QED) is 0.767. The molecule has 2 aliphatic rings. The Balaban J connectivity index is 2.26. The summed E-state index contributed by atoms with van der Waals surface area (Å²) in [5.74, 6) is -0.175. The van der Waals surface area contributed by atoms with Crippen LogP contribution < -0.4 is 0 Å². The Labute approximate surface area is 112 Å². The third-order valence-corrected chi connectivity index (χ3v) is 3.29. The van der Waals surface area contributed by atoms with Gasteiger partial charge in [-0.15, -0.1) is 0 Å². The van der Waals surface area contributed by atoms with E-state index in [1.54, 1.807) is 11.0 Å². The van der Waals surface area contributed by atoms with Crippen molar-refractivity contribution in [2.75, 3.05) is 33.4 Å². The monoisotopic (exact) mass is 267 g/mol. The second-order valence-corrected chi connectivity index (χ2v) is 4.53. The summed E-state index contributed by atoms with van der Waals surface area (Å²) in [7, 11) is 1.52. The molecule has 1 aliphatic carbocycles. The fraction of sp³-hybridized carbons (Fsp3) is 0.500. The lowest BCUT2D eigenvalue weighted by Crippen LogP contribution is -2.41. The third kappa shape index (κ3) is 3.04. The molecule has 1 saturated heterocycles. The second kappa shape index (κ2) is 6.02. The molecule has 0 aromatic heterocycles. The standard InChI is InChI=1S/C14H18FNO3/c1-10-3-4-12(15)11(9-13(10)18-2)14(17)16-5-7-19-8-6-16/h3,9H,4-8H2,1-2H3. The van der Waals surface area contributed by atoms with Gasteiger partial charge in [-0.2, -0.15) is 0 Å². The van der Waals surface area contributed by atoms with Crippen molar-refractivity contribution in [3.63, 3.8) is 0 Å². The molecule has 0 spiro atoms. The summed E-state index contributed by atoms with van der Waals surface area (Å²) in [6.07, 6.45) is 3.34. The molecule has 0 atom stereocenters. The molecule has 2 rings (SSSR count).